The van der Waals surface area contributed by atoms with E-state index in [1.165, 1.54) is 25.3 Å². The molecule has 0 aromatic heterocycles. The maximum absolute atomic E-state index is 12.0. The van der Waals surface area contributed by atoms with Crippen LogP contribution in [0.2, 0.25) is 0 Å². The Balaban J connectivity index is 0.000000237. The van der Waals surface area contributed by atoms with E-state index in [9.17, 15) is 9.59 Å². The molecule has 0 bridgehead atoms. The van der Waals surface area contributed by atoms with Crippen molar-refractivity contribution in [3.05, 3.63) is 120 Å². The van der Waals surface area contributed by atoms with Gasteiger partial charge in [0.1, 0.15) is 24.7 Å². The molecule has 5 heteroatoms. The van der Waals surface area contributed by atoms with Gasteiger partial charge in [-0.2, -0.15) is 0 Å². The van der Waals surface area contributed by atoms with Crippen molar-refractivity contribution in [3.63, 3.8) is 0 Å². The molecule has 178 valence electrons. The predicted molar refractivity (Wildman–Crippen MR) is 137 cm³/mol. The van der Waals surface area contributed by atoms with Gasteiger partial charge in [-0.05, 0) is 35.4 Å². The quantitative estimate of drug-likeness (QED) is 0.276. The molecule has 0 radical (unpaired) electrons. The summed E-state index contributed by atoms with van der Waals surface area (Å²) in [7, 11) is 3.07. The van der Waals surface area contributed by atoms with Crippen molar-refractivity contribution in [2.75, 3.05) is 27.4 Å². The molecule has 35 heavy (non-hydrogen) atoms. The van der Waals surface area contributed by atoms with Crippen LogP contribution < -0.4 is 9.47 Å². The molecular formula is C30H28O5. The zero-order valence-electron chi connectivity index (χ0n) is 19.8. The third kappa shape index (κ3) is 7.95. The first-order chi connectivity index (χ1) is 17.1. The molecule has 5 nitrogen and oxygen atoms in total. The van der Waals surface area contributed by atoms with Gasteiger partial charge < -0.3 is 14.2 Å². The van der Waals surface area contributed by atoms with Gasteiger partial charge in [-0.25, -0.2) is 0 Å². The molecule has 0 aliphatic rings. The zero-order chi connectivity index (χ0) is 24.9. The van der Waals surface area contributed by atoms with E-state index >= 15 is 0 Å². The Labute approximate surface area is 205 Å². The minimum absolute atomic E-state index is 0.164. The molecule has 0 fully saturated rings. The van der Waals surface area contributed by atoms with Gasteiger partial charge in [-0.15, -0.1) is 0 Å². The number of ether oxygens (including phenoxy) is 3. The first-order valence-electron chi connectivity index (χ1n) is 11.1. The van der Waals surface area contributed by atoms with E-state index in [0.29, 0.717) is 22.6 Å². The van der Waals surface area contributed by atoms with Crippen molar-refractivity contribution >= 4 is 11.6 Å². The van der Waals surface area contributed by atoms with Crippen LogP contribution in [-0.2, 0) is 4.74 Å². The van der Waals surface area contributed by atoms with Gasteiger partial charge >= 0.3 is 0 Å². The van der Waals surface area contributed by atoms with Gasteiger partial charge in [-0.1, -0.05) is 84.9 Å². The van der Waals surface area contributed by atoms with Crippen molar-refractivity contribution in [1.29, 1.82) is 0 Å². The second kappa shape index (κ2) is 13.5. The molecule has 0 spiro atoms. The first-order valence-corrected chi connectivity index (χ1v) is 11.1. The van der Waals surface area contributed by atoms with E-state index in [-0.39, 0.29) is 24.8 Å². The molecule has 4 aromatic carbocycles. The van der Waals surface area contributed by atoms with Crippen LogP contribution in [0.3, 0.4) is 0 Å². The Morgan fingerprint density at radius 2 is 0.943 bits per heavy atom. The molecule has 0 aliphatic heterocycles. The third-order valence-electron chi connectivity index (χ3n) is 5.13. The summed E-state index contributed by atoms with van der Waals surface area (Å²) in [5.41, 5.74) is 3.52. The van der Waals surface area contributed by atoms with Crippen LogP contribution in [0, 0.1) is 0 Å². The largest absolute Gasteiger partial charge is 0.497 e. The maximum Gasteiger partial charge on any atom is 0.188 e. The molecule has 0 atom stereocenters. The van der Waals surface area contributed by atoms with Crippen molar-refractivity contribution < 1.29 is 23.8 Å². The van der Waals surface area contributed by atoms with Gasteiger partial charge in [0, 0.05) is 11.1 Å². The Morgan fingerprint density at radius 3 is 1.31 bits per heavy atom. The fourth-order valence-corrected chi connectivity index (χ4v) is 3.26. The van der Waals surface area contributed by atoms with E-state index in [1.54, 1.807) is 48.5 Å². The number of ketones is 2. The van der Waals surface area contributed by atoms with Gasteiger partial charge in [0.25, 0.3) is 0 Å². The predicted octanol–water partition coefficient (Wildman–Crippen LogP) is 6.14. The number of carbonyl (C=O) groups excluding carboxylic acids is 2. The fourth-order valence-electron chi connectivity index (χ4n) is 3.26. The molecule has 0 amide bonds. The number of rotatable bonds is 9. The average molecular weight is 469 g/mol. The van der Waals surface area contributed by atoms with Crippen LogP contribution in [-0.4, -0.2) is 39.0 Å². The highest BCUT2D eigenvalue weighted by molar-refractivity contribution is 5.99. The summed E-state index contributed by atoms with van der Waals surface area (Å²) in [5.74, 6) is 0.788. The average Bonchev–Trinajstić information content (AvgIpc) is 2.94. The highest BCUT2D eigenvalue weighted by Crippen LogP contribution is 2.17. The number of benzene rings is 4. The second-order valence-corrected chi connectivity index (χ2v) is 7.54. The molecule has 0 heterocycles. The lowest BCUT2D eigenvalue weighted by atomic mass is 10.1. The van der Waals surface area contributed by atoms with Crippen LogP contribution in [0.15, 0.2) is 109 Å². The van der Waals surface area contributed by atoms with Crippen LogP contribution in [0.25, 0.3) is 11.1 Å². The molecule has 0 saturated heterocycles. The van der Waals surface area contributed by atoms with Gasteiger partial charge in [-0.3, -0.25) is 9.59 Å². The molecule has 0 aliphatic carbocycles. The third-order valence-corrected chi connectivity index (χ3v) is 5.13. The molecule has 4 rings (SSSR count). The number of hydrogen-bond acceptors (Lipinski definition) is 5. The zero-order valence-corrected chi connectivity index (χ0v) is 19.8. The van der Waals surface area contributed by atoms with Crippen molar-refractivity contribution in [2.45, 2.75) is 0 Å². The molecule has 0 unspecified atom stereocenters. The Kier molecular flexibility index (Phi) is 9.78. The smallest absolute Gasteiger partial charge is 0.188 e. The summed E-state index contributed by atoms with van der Waals surface area (Å²) < 4.78 is 15.4. The van der Waals surface area contributed by atoms with Crippen LogP contribution in [0.5, 0.6) is 11.5 Å². The van der Waals surface area contributed by atoms with Crippen LogP contribution in [0.4, 0.5) is 0 Å². The molecule has 4 aromatic rings. The Hall–Kier alpha value is -4.22. The van der Waals surface area contributed by atoms with Crippen molar-refractivity contribution in [1.82, 2.24) is 0 Å². The van der Waals surface area contributed by atoms with E-state index in [0.717, 1.165) is 0 Å². The summed E-state index contributed by atoms with van der Waals surface area (Å²) in [6, 6.07) is 34.4. The monoisotopic (exact) mass is 468 g/mol. The summed E-state index contributed by atoms with van der Waals surface area (Å²) in [6.45, 7) is -0.328. The van der Waals surface area contributed by atoms with Crippen molar-refractivity contribution in [3.8, 4) is 22.6 Å². The highest BCUT2D eigenvalue weighted by Gasteiger charge is 2.11. The lowest BCUT2D eigenvalue weighted by molar-refractivity contribution is 0.0672. The second-order valence-electron chi connectivity index (χ2n) is 7.54. The molecule has 0 N–H and O–H groups in total. The summed E-state index contributed by atoms with van der Waals surface area (Å²) >= 11 is 0. The van der Waals surface area contributed by atoms with Crippen LogP contribution >= 0.6 is 0 Å². The van der Waals surface area contributed by atoms with Gasteiger partial charge in [0.2, 0.25) is 0 Å². The fraction of sp³-hybridized carbons (Fsp3) is 0.133. The SMILES string of the molecule is COc1cccc(C(=O)COCC(=O)c2cccc(OC)c2)c1.c1ccc(-c2ccccc2)cc1. The summed E-state index contributed by atoms with van der Waals surface area (Å²) in [4.78, 5) is 24.0. The lowest BCUT2D eigenvalue weighted by Gasteiger charge is -2.06. The maximum atomic E-state index is 12.0. The van der Waals surface area contributed by atoms with E-state index in [4.69, 9.17) is 14.2 Å². The normalized spacial score (nSPS) is 10.0. The standard InChI is InChI=1S/C18H18O5.C12H10/c1-21-15-7-3-5-13(9-15)17(19)11-23-12-18(20)14-6-4-8-16(10-14)22-2;1-3-7-11(8-4-1)12-9-5-2-6-10-12/h3-10H,11-12H2,1-2H3;1-10H. The van der Waals surface area contributed by atoms with Crippen molar-refractivity contribution in [2.24, 2.45) is 0 Å². The lowest BCUT2D eigenvalue weighted by Crippen LogP contribution is -2.15. The Bertz CT molecular complexity index is 1120. The highest BCUT2D eigenvalue weighted by atomic mass is 16.5. The number of carbonyl (C=O) groups is 2. The molecular weight excluding hydrogens is 440 g/mol. The first kappa shape index (κ1) is 25.4. The number of hydrogen-bond donors (Lipinski definition) is 0. The van der Waals surface area contributed by atoms with E-state index in [2.05, 4.69) is 48.5 Å². The van der Waals surface area contributed by atoms with Gasteiger partial charge in [0.05, 0.1) is 14.2 Å². The van der Waals surface area contributed by atoms with Gasteiger partial charge in [0.15, 0.2) is 11.6 Å². The van der Waals surface area contributed by atoms with Crippen LogP contribution in [0.1, 0.15) is 20.7 Å². The summed E-state index contributed by atoms with van der Waals surface area (Å²) in [5, 5.41) is 0. The number of methoxy groups -OCH3 is 2. The summed E-state index contributed by atoms with van der Waals surface area (Å²) in [6.07, 6.45) is 0. The van der Waals surface area contributed by atoms with E-state index in [1.807, 2.05) is 12.1 Å². The Morgan fingerprint density at radius 1 is 0.543 bits per heavy atom. The topological polar surface area (TPSA) is 61.8 Å². The minimum Gasteiger partial charge on any atom is -0.497 e. The van der Waals surface area contributed by atoms with E-state index < -0.39 is 0 Å². The number of Topliss-reactive ketones (excluding diaryl/α,β-unsaturated/α-hetero) is 2. The minimum atomic E-state index is -0.206. The molecule has 0 saturated carbocycles.